The van der Waals surface area contributed by atoms with E-state index in [0.717, 1.165) is 10.9 Å². The summed E-state index contributed by atoms with van der Waals surface area (Å²) in [6.07, 6.45) is 0.0790. The number of amides is 2. The molecule has 8 nitrogen and oxygen atoms in total. The molecule has 2 amide bonds. The van der Waals surface area contributed by atoms with Gasteiger partial charge < -0.3 is 15.5 Å². The minimum Gasteiger partial charge on any atom is -0.369 e. The Balaban J connectivity index is 1.63. The molecule has 2 aliphatic rings. The topological polar surface area (TPSA) is 114 Å². The minimum absolute atomic E-state index is 0.0284. The second-order valence-corrected chi connectivity index (χ2v) is 10.8. The van der Waals surface area contributed by atoms with Gasteiger partial charge in [-0.25, -0.2) is 13.4 Å². The first-order chi connectivity index (χ1) is 15.7. The number of nitrogens with zero attached hydrogens (tertiary/aromatic N) is 3. The van der Waals surface area contributed by atoms with Crippen LogP contribution >= 0.6 is 0 Å². The number of nitrogens with two attached hydrogens (primary N) is 1. The standard InChI is InChI=1S/C24H24N4O4S/c1-15-6-7-19-18(10-15)20(28-14-17(24(25)30)11-23(28)29)12-22(26-19)27-8-9-33(31,32)21-5-3-2-4-16(21)13-27/h2-7,10,12,17H,8-9,11,13-14H2,1H3,(H2,25,30). The van der Waals surface area contributed by atoms with Crippen LogP contribution < -0.4 is 15.5 Å². The van der Waals surface area contributed by atoms with E-state index in [4.69, 9.17) is 10.7 Å². The zero-order valence-electron chi connectivity index (χ0n) is 18.2. The Morgan fingerprint density at radius 2 is 1.94 bits per heavy atom. The SMILES string of the molecule is Cc1ccc2nc(N3CCS(=O)(=O)c4ccccc4C3)cc(N3CC(C(N)=O)CC3=O)c2c1. The third-order valence-corrected chi connectivity index (χ3v) is 8.16. The van der Waals surface area contributed by atoms with Gasteiger partial charge in [-0.15, -0.1) is 0 Å². The number of anilines is 2. The highest BCUT2D eigenvalue weighted by molar-refractivity contribution is 7.91. The number of hydrogen-bond acceptors (Lipinski definition) is 6. The number of hydrogen-bond donors (Lipinski definition) is 1. The lowest BCUT2D eigenvalue weighted by Crippen LogP contribution is -2.30. The summed E-state index contributed by atoms with van der Waals surface area (Å²) in [5, 5.41) is 0.806. The van der Waals surface area contributed by atoms with Crippen LogP contribution in [-0.4, -0.2) is 44.1 Å². The highest BCUT2D eigenvalue weighted by Gasteiger charge is 2.35. The van der Waals surface area contributed by atoms with Gasteiger partial charge in [0, 0.05) is 37.5 Å². The van der Waals surface area contributed by atoms with Gasteiger partial charge in [0.05, 0.1) is 27.8 Å². The average molecular weight is 465 g/mol. The summed E-state index contributed by atoms with van der Waals surface area (Å²) in [5.41, 5.74) is 8.57. The van der Waals surface area contributed by atoms with Gasteiger partial charge in [-0.2, -0.15) is 0 Å². The zero-order valence-corrected chi connectivity index (χ0v) is 19.0. The van der Waals surface area contributed by atoms with E-state index in [1.807, 2.05) is 48.2 Å². The van der Waals surface area contributed by atoms with Crippen LogP contribution in [0.2, 0.25) is 0 Å². The van der Waals surface area contributed by atoms with Crippen LogP contribution in [0.5, 0.6) is 0 Å². The number of carbonyl (C=O) groups excluding carboxylic acids is 2. The third kappa shape index (κ3) is 3.82. The fraction of sp³-hybridized carbons (Fsp3) is 0.292. The van der Waals surface area contributed by atoms with Crippen LogP contribution in [0.15, 0.2) is 53.4 Å². The maximum atomic E-state index is 12.8. The predicted molar refractivity (Wildman–Crippen MR) is 126 cm³/mol. The van der Waals surface area contributed by atoms with Gasteiger partial charge in [-0.05, 0) is 30.7 Å². The van der Waals surface area contributed by atoms with Crippen molar-refractivity contribution in [3.8, 4) is 0 Å². The van der Waals surface area contributed by atoms with Gasteiger partial charge in [0.2, 0.25) is 11.8 Å². The minimum atomic E-state index is -3.40. The van der Waals surface area contributed by atoms with Crippen LogP contribution in [0.4, 0.5) is 11.5 Å². The summed E-state index contributed by atoms with van der Waals surface area (Å²) in [5.74, 6) is -0.635. The van der Waals surface area contributed by atoms with Crippen LogP contribution in [0.25, 0.3) is 10.9 Å². The molecule has 1 aromatic heterocycles. The first-order valence-corrected chi connectivity index (χ1v) is 12.4. The number of aromatic nitrogens is 1. The number of pyridine rings is 1. The number of benzene rings is 2. The molecule has 3 aromatic rings. The molecule has 1 atom stereocenters. The molecule has 1 unspecified atom stereocenters. The van der Waals surface area contributed by atoms with Crippen LogP contribution in [-0.2, 0) is 26.0 Å². The van der Waals surface area contributed by atoms with Crippen molar-refractivity contribution in [2.75, 3.05) is 28.6 Å². The highest BCUT2D eigenvalue weighted by atomic mass is 32.2. The van der Waals surface area contributed by atoms with Gasteiger partial charge in [0.25, 0.3) is 0 Å². The lowest BCUT2D eigenvalue weighted by Gasteiger charge is -2.25. The summed E-state index contributed by atoms with van der Waals surface area (Å²) in [7, 11) is -3.40. The van der Waals surface area contributed by atoms with Crippen molar-refractivity contribution < 1.29 is 18.0 Å². The van der Waals surface area contributed by atoms with E-state index in [1.165, 1.54) is 0 Å². The molecule has 0 spiro atoms. The van der Waals surface area contributed by atoms with Crippen molar-refractivity contribution in [1.29, 1.82) is 0 Å². The predicted octanol–water partition coefficient (Wildman–Crippen LogP) is 2.18. The number of aryl methyl sites for hydroxylation is 1. The first kappa shape index (κ1) is 21.4. The summed E-state index contributed by atoms with van der Waals surface area (Å²) in [6, 6.07) is 14.6. The number of sulfone groups is 1. The van der Waals surface area contributed by atoms with Crippen molar-refractivity contribution in [3.63, 3.8) is 0 Å². The largest absolute Gasteiger partial charge is 0.369 e. The first-order valence-electron chi connectivity index (χ1n) is 10.8. The molecule has 0 saturated carbocycles. The molecule has 2 aromatic carbocycles. The molecule has 1 saturated heterocycles. The van der Waals surface area contributed by atoms with E-state index < -0.39 is 21.7 Å². The number of rotatable bonds is 3. The van der Waals surface area contributed by atoms with Gasteiger partial charge >= 0.3 is 0 Å². The molecule has 170 valence electrons. The van der Waals surface area contributed by atoms with Crippen molar-refractivity contribution in [3.05, 3.63) is 59.7 Å². The Morgan fingerprint density at radius 3 is 2.70 bits per heavy atom. The molecule has 0 bridgehead atoms. The molecule has 0 radical (unpaired) electrons. The lowest BCUT2D eigenvalue weighted by molar-refractivity contribution is -0.123. The van der Waals surface area contributed by atoms with Gasteiger partial charge in [0.1, 0.15) is 5.82 Å². The van der Waals surface area contributed by atoms with E-state index in [0.29, 0.717) is 34.0 Å². The summed E-state index contributed by atoms with van der Waals surface area (Å²) in [6.45, 7) is 2.85. The fourth-order valence-electron chi connectivity index (χ4n) is 4.58. The Hall–Kier alpha value is -3.46. The zero-order chi connectivity index (χ0) is 23.3. The Labute approximate surface area is 191 Å². The molecule has 5 rings (SSSR count). The summed E-state index contributed by atoms with van der Waals surface area (Å²) >= 11 is 0. The molecule has 2 N–H and O–H groups in total. The number of carbonyl (C=O) groups is 2. The van der Waals surface area contributed by atoms with Crippen molar-refractivity contribution in [2.45, 2.75) is 24.8 Å². The molecule has 9 heteroatoms. The lowest BCUT2D eigenvalue weighted by atomic mass is 10.1. The molecule has 2 aliphatic heterocycles. The van der Waals surface area contributed by atoms with E-state index in [1.54, 1.807) is 17.0 Å². The van der Waals surface area contributed by atoms with Crippen LogP contribution in [0.3, 0.4) is 0 Å². The van der Waals surface area contributed by atoms with Crippen molar-refractivity contribution >= 4 is 44.1 Å². The summed E-state index contributed by atoms with van der Waals surface area (Å²) in [4.78, 5) is 33.2. The molecule has 0 aliphatic carbocycles. The van der Waals surface area contributed by atoms with Crippen molar-refractivity contribution in [1.82, 2.24) is 4.98 Å². The van der Waals surface area contributed by atoms with Crippen LogP contribution in [0, 0.1) is 12.8 Å². The van der Waals surface area contributed by atoms with Gasteiger partial charge in [0.15, 0.2) is 9.84 Å². The second kappa shape index (κ2) is 7.84. The Bertz CT molecular complexity index is 1400. The highest BCUT2D eigenvalue weighted by Crippen LogP contribution is 2.36. The third-order valence-electron chi connectivity index (χ3n) is 6.37. The Kier molecular flexibility index (Phi) is 5.08. The van der Waals surface area contributed by atoms with E-state index in [-0.39, 0.29) is 31.2 Å². The van der Waals surface area contributed by atoms with E-state index in [9.17, 15) is 18.0 Å². The maximum Gasteiger partial charge on any atom is 0.227 e. The quantitative estimate of drug-likeness (QED) is 0.636. The average Bonchev–Trinajstić information content (AvgIpc) is 3.11. The molecule has 1 fully saturated rings. The Morgan fingerprint density at radius 1 is 1.15 bits per heavy atom. The number of fused-ring (bicyclic) bond motifs is 2. The fourth-order valence-corrected chi connectivity index (χ4v) is 6.08. The molecule has 33 heavy (non-hydrogen) atoms. The second-order valence-electron chi connectivity index (χ2n) is 8.68. The van der Waals surface area contributed by atoms with Gasteiger partial charge in [-0.3, -0.25) is 9.59 Å². The van der Waals surface area contributed by atoms with Gasteiger partial charge in [-0.1, -0.05) is 29.8 Å². The van der Waals surface area contributed by atoms with E-state index in [2.05, 4.69) is 0 Å². The van der Waals surface area contributed by atoms with E-state index >= 15 is 0 Å². The van der Waals surface area contributed by atoms with Crippen molar-refractivity contribution in [2.24, 2.45) is 11.7 Å². The van der Waals surface area contributed by atoms with Crippen LogP contribution in [0.1, 0.15) is 17.5 Å². The maximum absolute atomic E-state index is 12.8. The molecular weight excluding hydrogens is 440 g/mol. The normalized spacial score (nSPS) is 20.0. The smallest absolute Gasteiger partial charge is 0.227 e. The molecule has 3 heterocycles. The molecular formula is C24H24N4O4S. The number of primary amides is 1. The monoisotopic (exact) mass is 464 g/mol. The summed E-state index contributed by atoms with van der Waals surface area (Å²) < 4.78 is 25.6.